The fraction of sp³-hybridized carbons (Fsp3) is 0.133. The van der Waals surface area contributed by atoms with E-state index in [1.54, 1.807) is 54.4 Å². The molecule has 0 saturated carbocycles. The zero-order chi connectivity index (χ0) is 14.7. The Labute approximate surface area is 116 Å². The van der Waals surface area contributed by atoms with Crippen LogP contribution in [-0.2, 0) is 0 Å². The zero-order valence-electron chi connectivity index (χ0n) is 10.9. The average molecular weight is 273 g/mol. The molecule has 0 heterocycles. The second kappa shape index (κ2) is 5.73. The number of carbonyl (C=O) groups is 1. The van der Waals surface area contributed by atoms with Gasteiger partial charge in [-0.3, -0.25) is 0 Å². The van der Waals surface area contributed by atoms with Gasteiger partial charge < -0.3 is 20.2 Å². The minimum Gasteiger partial charge on any atom is -0.478 e. The van der Waals surface area contributed by atoms with Crippen LogP contribution in [0.1, 0.15) is 22.2 Å². The van der Waals surface area contributed by atoms with Crippen molar-refractivity contribution in [2.75, 3.05) is 11.9 Å². The van der Waals surface area contributed by atoms with Gasteiger partial charge in [-0.2, -0.15) is 0 Å². The predicted molar refractivity (Wildman–Crippen MR) is 75.1 cm³/mol. The lowest BCUT2D eigenvalue weighted by atomic mass is 10.1. The highest BCUT2D eigenvalue weighted by molar-refractivity contribution is 5.95. The molecule has 0 saturated heterocycles. The first-order chi connectivity index (χ1) is 9.52. The van der Waals surface area contributed by atoms with E-state index in [1.807, 2.05) is 0 Å². The number of benzene rings is 2. The standard InChI is InChI=1S/C15H15NO4/c1-16(12-8-4-2-6-10(12)14(17)18)13-9-5-3-7-11(13)15(19)20/h2-9,14,17-18H,1H3,(H,19,20). The number of rotatable bonds is 4. The quantitative estimate of drug-likeness (QED) is 0.744. The van der Waals surface area contributed by atoms with Gasteiger partial charge in [-0.1, -0.05) is 30.3 Å². The second-order valence-corrected chi connectivity index (χ2v) is 4.31. The smallest absolute Gasteiger partial charge is 0.337 e. The maximum Gasteiger partial charge on any atom is 0.337 e. The number of nitrogens with zero attached hydrogens (tertiary/aromatic N) is 1. The van der Waals surface area contributed by atoms with Crippen LogP contribution in [0.15, 0.2) is 48.5 Å². The largest absolute Gasteiger partial charge is 0.478 e. The lowest BCUT2D eigenvalue weighted by Gasteiger charge is -2.24. The lowest BCUT2D eigenvalue weighted by Crippen LogP contribution is -2.16. The lowest BCUT2D eigenvalue weighted by molar-refractivity contribution is -0.0420. The summed E-state index contributed by atoms with van der Waals surface area (Å²) in [5, 5.41) is 28.0. The van der Waals surface area contributed by atoms with Crippen LogP contribution in [0.25, 0.3) is 0 Å². The molecule has 0 atom stereocenters. The van der Waals surface area contributed by atoms with E-state index >= 15 is 0 Å². The van der Waals surface area contributed by atoms with Crippen molar-refractivity contribution in [2.24, 2.45) is 0 Å². The molecule has 5 nitrogen and oxygen atoms in total. The first-order valence-corrected chi connectivity index (χ1v) is 6.03. The second-order valence-electron chi connectivity index (χ2n) is 4.31. The average Bonchev–Trinajstić information content (AvgIpc) is 2.46. The van der Waals surface area contributed by atoms with Gasteiger partial charge in [-0.25, -0.2) is 4.79 Å². The number of hydrogen-bond donors (Lipinski definition) is 3. The minimum absolute atomic E-state index is 0.150. The summed E-state index contributed by atoms with van der Waals surface area (Å²) in [6.45, 7) is 0. The van der Waals surface area contributed by atoms with E-state index in [1.165, 1.54) is 6.07 Å². The van der Waals surface area contributed by atoms with Gasteiger partial charge in [0.05, 0.1) is 11.3 Å². The first-order valence-electron chi connectivity index (χ1n) is 6.03. The van der Waals surface area contributed by atoms with Crippen molar-refractivity contribution in [3.63, 3.8) is 0 Å². The van der Waals surface area contributed by atoms with Crippen LogP contribution in [0, 0.1) is 0 Å². The van der Waals surface area contributed by atoms with Gasteiger partial charge in [-0.15, -0.1) is 0 Å². The summed E-state index contributed by atoms with van der Waals surface area (Å²) in [7, 11) is 1.68. The molecule has 0 unspecified atom stereocenters. The van der Waals surface area contributed by atoms with Crippen molar-refractivity contribution >= 4 is 17.3 Å². The van der Waals surface area contributed by atoms with Crippen LogP contribution in [0.5, 0.6) is 0 Å². The molecule has 0 fully saturated rings. The third-order valence-electron chi connectivity index (χ3n) is 3.07. The Morgan fingerprint density at radius 3 is 2.15 bits per heavy atom. The normalized spacial score (nSPS) is 10.6. The van der Waals surface area contributed by atoms with Crippen LogP contribution in [0.4, 0.5) is 11.4 Å². The van der Waals surface area contributed by atoms with Gasteiger partial charge in [0, 0.05) is 18.3 Å². The number of aliphatic hydroxyl groups excluding tert-OH is 1. The molecule has 2 rings (SSSR count). The molecule has 5 heteroatoms. The Kier molecular flexibility index (Phi) is 4.02. The number of carboxylic acid groups (broad SMARTS) is 1. The third-order valence-corrected chi connectivity index (χ3v) is 3.07. The van der Waals surface area contributed by atoms with Crippen molar-refractivity contribution < 1.29 is 20.1 Å². The van der Waals surface area contributed by atoms with Gasteiger partial charge in [0.2, 0.25) is 0 Å². The summed E-state index contributed by atoms with van der Waals surface area (Å²) in [4.78, 5) is 12.9. The van der Waals surface area contributed by atoms with E-state index in [4.69, 9.17) is 0 Å². The summed E-state index contributed by atoms with van der Waals surface area (Å²) < 4.78 is 0. The number of para-hydroxylation sites is 2. The number of anilines is 2. The Morgan fingerprint density at radius 1 is 1.00 bits per heavy atom. The predicted octanol–water partition coefficient (Wildman–Crippen LogP) is 2.14. The highest BCUT2D eigenvalue weighted by Gasteiger charge is 2.17. The highest BCUT2D eigenvalue weighted by Crippen LogP contribution is 2.31. The van der Waals surface area contributed by atoms with E-state index in [9.17, 15) is 20.1 Å². The summed E-state index contributed by atoms with van der Waals surface area (Å²) in [6.07, 6.45) is -1.62. The number of carboxylic acids is 1. The minimum atomic E-state index is -1.62. The van der Waals surface area contributed by atoms with Gasteiger partial charge >= 0.3 is 5.97 Å². The highest BCUT2D eigenvalue weighted by atomic mass is 16.5. The number of aliphatic hydroxyl groups is 2. The Hall–Kier alpha value is -2.37. The molecule has 0 aromatic heterocycles. The molecule has 2 aromatic rings. The van der Waals surface area contributed by atoms with E-state index < -0.39 is 12.3 Å². The monoisotopic (exact) mass is 273 g/mol. The summed E-state index contributed by atoms with van der Waals surface area (Å²) in [5.74, 6) is -1.03. The van der Waals surface area contributed by atoms with Gasteiger partial charge in [-0.05, 0) is 18.2 Å². The molecule has 20 heavy (non-hydrogen) atoms. The van der Waals surface area contributed by atoms with E-state index in [0.29, 0.717) is 16.9 Å². The van der Waals surface area contributed by atoms with Gasteiger partial charge in [0.1, 0.15) is 0 Å². The van der Waals surface area contributed by atoms with Crippen LogP contribution in [-0.4, -0.2) is 28.3 Å². The maximum absolute atomic E-state index is 11.3. The van der Waals surface area contributed by atoms with E-state index in [0.717, 1.165) is 0 Å². The Bertz CT molecular complexity index is 625. The third kappa shape index (κ3) is 2.64. The fourth-order valence-corrected chi connectivity index (χ4v) is 2.09. The fourth-order valence-electron chi connectivity index (χ4n) is 2.09. The van der Waals surface area contributed by atoms with Gasteiger partial charge in [0.15, 0.2) is 6.29 Å². The Balaban J connectivity index is 2.52. The maximum atomic E-state index is 11.3. The SMILES string of the molecule is CN(c1ccccc1C(=O)O)c1ccccc1C(O)O. The van der Waals surface area contributed by atoms with Gasteiger partial charge in [0.25, 0.3) is 0 Å². The molecule has 0 aliphatic carbocycles. The molecule has 0 amide bonds. The summed E-state index contributed by atoms with van der Waals surface area (Å²) in [5.41, 5.74) is 1.48. The van der Waals surface area contributed by atoms with Crippen LogP contribution < -0.4 is 4.90 Å². The molecule has 0 aliphatic heterocycles. The molecule has 0 bridgehead atoms. The molecule has 104 valence electrons. The van der Waals surface area contributed by atoms with Crippen molar-refractivity contribution in [3.8, 4) is 0 Å². The first kappa shape index (κ1) is 14.0. The van der Waals surface area contributed by atoms with Crippen LogP contribution in [0.3, 0.4) is 0 Å². The topological polar surface area (TPSA) is 81.0 Å². The van der Waals surface area contributed by atoms with Crippen LogP contribution >= 0.6 is 0 Å². The molecule has 0 spiro atoms. The van der Waals surface area contributed by atoms with Crippen molar-refractivity contribution in [1.82, 2.24) is 0 Å². The number of hydrogen-bond acceptors (Lipinski definition) is 4. The van der Waals surface area contributed by atoms with Crippen LogP contribution in [0.2, 0.25) is 0 Å². The summed E-state index contributed by atoms with van der Waals surface area (Å²) >= 11 is 0. The van der Waals surface area contributed by atoms with Crippen molar-refractivity contribution in [2.45, 2.75) is 6.29 Å². The molecule has 0 aliphatic rings. The summed E-state index contributed by atoms with van der Waals surface area (Å²) in [6, 6.07) is 13.3. The van der Waals surface area contributed by atoms with Crippen molar-refractivity contribution in [1.29, 1.82) is 0 Å². The molecular weight excluding hydrogens is 258 g/mol. The van der Waals surface area contributed by atoms with E-state index in [2.05, 4.69) is 0 Å². The molecule has 2 aromatic carbocycles. The molecule has 3 N–H and O–H groups in total. The molecular formula is C15H15NO4. The Morgan fingerprint density at radius 2 is 1.55 bits per heavy atom. The van der Waals surface area contributed by atoms with E-state index in [-0.39, 0.29) is 5.56 Å². The number of aromatic carboxylic acids is 1. The molecule has 0 radical (unpaired) electrons. The zero-order valence-corrected chi connectivity index (χ0v) is 10.9. The van der Waals surface area contributed by atoms with Crippen molar-refractivity contribution in [3.05, 3.63) is 59.7 Å².